The zero-order valence-electron chi connectivity index (χ0n) is 12.5. The number of benzene rings is 1. The van der Waals surface area contributed by atoms with Crippen molar-refractivity contribution in [2.24, 2.45) is 17.6 Å². The molecule has 2 amide bonds. The minimum atomic E-state index is -0.781. The first-order valence-corrected chi connectivity index (χ1v) is 7.32. The number of hydrogen-bond donors (Lipinski definition) is 3. The van der Waals surface area contributed by atoms with Gasteiger partial charge in [0, 0.05) is 17.2 Å². The van der Waals surface area contributed by atoms with Gasteiger partial charge in [0.05, 0.1) is 5.92 Å². The van der Waals surface area contributed by atoms with Crippen LogP contribution in [0.3, 0.4) is 0 Å². The van der Waals surface area contributed by atoms with E-state index in [9.17, 15) is 14.4 Å². The Morgan fingerprint density at radius 1 is 1.14 bits per heavy atom. The number of aryl methyl sites for hydroxylation is 1. The van der Waals surface area contributed by atoms with Gasteiger partial charge in [-0.25, -0.2) is 0 Å². The number of rotatable bonds is 4. The van der Waals surface area contributed by atoms with Crippen LogP contribution in [0.15, 0.2) is 18.2 Å². The third kappa shape index (κ3) is 3.63. The molecule has 6 nitrogen and oxygen atoms in total. The molecule has 0 unspecified atom stereocenters. The lowest BCUT2D eigenvalue weighted by molar-refractivity contribution is -0.143. The first-order valence-electron chi connectivity index (χ1n) is 7.32. The van der Waals surface area contributed by atoms with E-state index in [0.717, 1.165) is 0 Å². The second-order valence-corrected chi connectivity index (χ2v) is 5.77. The Bertz CT molecular complexity index is 604. The van der Waals surface area contributed by atoms with E-state index in [1.165, 1.54) is 0 Å². The standard InChI is InChI=1S/C16H20N2O4/c1-9-8-12(6-7-13(9)14(17)19)18-15(20)10-2-4-11(5-3-10)16(21)22/h6-8,10-11H,2-5H2,1H3,(H2,17,19)(H,18,20)(H,21,22). The molecule has 118 valence electrons. The number of nitrogens with one attached hydrogen (secondary N) is 1. The number of carbonyl (C=O) groups is 3. The van der Waals surface area contributed by atoms with Gasteiger partial charge >= 0.3 is 5.97 Å². The molecule has 0 saturated heterocycles. The molecular weight excluding hydrogens is 284 g/mol. The predicted molar refractivity (Wildman–Crippen MR) is 81.4 cm³/mol. The lowest BCUT2D eigenvalue weighted by atomic mass is 9.81. The smallest absolute Gasteiger partial charge is 0.306 e. The summed E-state index contributed by atoms with van der Waals surface area (Å²) in [7, 11) is 0. The number of primary amides is 1. The SMILES string of the molecule is Cc1cc(NC(=O)C2CCC(C(=O)O)CC2)ccc1C(N)=O. The zero-order valence-corrected chi connectivity index (χ0v) is 12.5. The third-order valence-corrected chi connectivity index (χ3v) is 4.21. The highest BCUT2D eigenvalue weighted by atomic mass is 16.4. The summed E-state index contributed by atoms with van der Waals surface area (Å²) in [6.07, 6.45) is 2.24. The number of amides is 2. The van der Waals surface area contributed by atoms with Crippen LogP contribution >= 0.6 is 0 Å². The summed E-state index contributed by atoms with van der Waals surface area (Å²) in [5, 5.41) is 11.8. The van der Waals surface area contributed by atoms with Gasteiger partial charge in [0.2, 0.25) is 11.8 Å². The molecule has 1 fully saturated rings. The number of anilines is 1. The lowest BCUT2D eigenvalue weighted by Crippen LogP contribution is -2.29. The van der Waals surface area contributed by atoms with Gasteiger partial charge in [-0.2, -0.15) is 0 Å². The summed E-state index contributed by atoms with van der Waals surface area (Å²) in [4.78, 5) is 34.3. The van der Waals surface area contributed by atoms with E-state index in [4.69, 9.17) is 10.8 Å². The molecule has 0 aromatic heterocycles. The number of aliphatic carboxylic acids is 1. The van der Waals surface area contributed by atoms with Gasteiger partial charge in [-0.3, -0.25) is 14.4 Å². The van der Waals surface area contributed by atoms with Crippen LogP contribution in [0.5, 0.6) is 0 Å². The van der Waals surface area contributed by atoms with Crippen LogP contribution in [0.1, 0.15) is 41.6 Å². The van der Waals surface area contributed by atoms with Gasteiger partial charge in [0.15, 0.2) is 0 Å². The molecular formula is C16H20N2O4. The van der Waals surface area contributed by atoms with E-state index in [1.54, 1.807) is 25.1 Å². The minimum Gasteiger partial charge on any atom is -0.481 e. The highest BCUT2D eigenvalue weighted by Gasteiger charge is 2.29. The molecule has 1 aliphatic carbocycles. The highest BCUT2D eigenvalue weighted by molar-refractivity contribution is 5.96. The lowest BCUT2D eigenvalue weighted by Gasteiger charge is -2.25. The van der Waals surface area contributed by atoms with E-state index in [1.807, 2.05) is 0 Å². The average molecular weight is 304 g/mol. The number of carboxylic acids is 1. The molecule has 0 heterocycles. The van der Waals surface area contributed by atoms with Crippen molar-refractivity contribution in [3.05, 3.63) is 29.3 Å². The molecule has 2 rings (SSSR count). The highest BCUT2D eigenvalue weighted by Crippen LogP contribution is 2.30. The molecule has 0 aliphatic heterocycles. The first-order chi connectivity index (χ1) is 10.4. The maximum absolute atomic E-state index is 12.2. The molecule has 1 aromatic rings. The molecule has 4 N–H and O–H groups in total. The molecule has 0 radical (unpaired) electrons. The van der Waals surface area contributed by atoms with Crippen LogP contribution in [-0.4, -0.2) is 22.9 Å². The van der Waals surface area contributed by atoms with E-state index >= 15 is 0 Å². The van der Waals surface area contributed by atoms with Gasteiger partial charge in [0.1, 0.15) is 0 Å². The van der Waals surface area contributed by atoms with Gasteiger partial charge in [-0.15, -0.1) is 0 Å². The molecule has 1 aromatic carbocycles. The van der Waals surface area contributed by atoms with Crippen LogP contribution in [-0.2, 0) is 9.59 Å². The summed E-state index contributed by atoms with van der Waals surface area (Å²) in [5.74, 6) is -1.87. The Morgan fingerprint density at radius 3 is 2.23 bits per heavy atom. The van der Waals surface area contributed by atoms with Crippen molar-refractivity contribution in [2.75, 3.05) is 5.32 Å². The fourth-order valence-electron chi connectivity index (χ4n) is 2.86. The fourth-order valence-corrected chi connectivity index (χ4v) is 2.86. The number of nitrogens with two attached hydrogens (primary N) is 1. The fraction of sp³-hybridized carbons (Fsp3) is 0.438. The van der Waals surface area contributed by atoms with Crippen molar-refractivity contribution in [1.29, 1.82) is 0 Å². The summed E-state index contributed by atoms with van der Waals surface area (Å²) < 4.78 is 0. The zero-order chi connectivity index (χ0) is 16.3. The number of carbonyl (C=O) groups excluding carboxylic acids is 2. The number of hydrogen-bond acceptors (Lipinski definition) is 3. The molecule has 0 atom stereocenters. The van der Waals surface area contributed by atoms with E-state index < -0.39 is 11.9 Å². The summed E-state index contributed by atoms with van der Waals surface area (Å²) in [6.45, 7) is 1.76. The number of carboxylic acid groups (broad SMARTS) is 1. The second-order valence-electron chi connectivity index (χ2n) is 5.77. The van der Waals surface area contributed by atoms with E-state index in [-0.39, 0.29) is 17.7 Å². The van der Waals surface area contributed by atoms with Crippen molar-refractivity contribution in [3.63, 3.8) is 0 Å². The quantitative estimate of drug-likeness (QED) is 0.789. The first kappa shape index (κ1) is 16.0. The minimum absolute atomic E-state index is 0.102. The average Bonchev–Trinajstić information content (AvgIpc) is 2.47. The van der Waals surface area contributed by atoms with Crippen molar-refractivity contribution >= 4 is 23.5 Å². The van der Waals surface area contributed by atoms with Gasteiger partial charge in [-0.1, -0.05) is 0 Å². The van der Waals surface area contributed by atoms with Crippen LogP contribution in [0.4, 0.5) is 5.69 Å². The Labute approximate surface area is 128 Å². The molecule has 1 saturated carbocycles. The normalized spacial score (nSPS) is 21.1. The molecule has 0 bridgehead atoms. The van der Waals surface area contributed by atoms with Crippen molar-refractivity contribution in [3.8, 4) is 0 Å². The Kier molecular flexibility index (Phi) is 4.80. The van der Waals surface area contributed by atoms with Crippen molar-refractivity contribution < 1.29 is 19.5 Å². The van der Waals surface area contributed by atoms with E-state index in [0.29, 0.717) is 42.5 Å². The summed E-state index contributed by atoms with van der Waals surface area (Å²) >= 11 is 0. The van der Waals surface area contributed by atoms with Crippen LogP contribution < -0.4 is 11.1 Å². The molecule has 6 heteroatoms. The third-order valence-electron chi connectivity index (χ3n) is 4.21. The van der Waals surface area contributed by atoms with Gasteiger partial charge in [0.25, 0.3) is 0 Å². The maximum Gasteiger partial charge on any atom is 0.306 e. The van der Waals surface area contributed by atoms with Gasteiger partial charge < -0.3 is 16.2 Å². The predicted octanol–water partition coefficient (Wildman–Crippen LogP) is 1.92. The molecule has 0 spiro atoms. The monoisotopic (exact) mass is 304 g/mol. The topological polar surface area (TPSA) is 109 Å². The van der Waals surface area contributed by atoms with E-state index in [2.05, 4.69) is 5.32 Å². The van der Waals surface area contributed by atoms with Gasteiger partial charge in [-0.05, 0) is 56.4 Å². The maximum atomic E-state index is 12.2. The Hall–Kier alpha value is -2.37. The summed E-state index contributed by atoms with van der Waals surface area (Å²) in [5.41, 5.74) is 7.00. The van der Waals surface area contributed by atoms with Crippen LogP contribution in [0.2, 0.25) is 0 Å². The Morgan fingerprint density at radius 2 is 1.73 bits per heavy atom. The largest absolute Gasteiger partial charge is 0.481 e. The van der Waals surface area contributed by atoms with Crippen LogP contribution in [0, 0.1) is 18.8 Å². The summed E-state index contributed by atoms with van der Waals surface area (Å²) in [6, 6.07) is 4.95. The Balaban J connectivity index is 1.97. The van der Waals surface area contributed by atoms with Crippen molar-refractivity contribution in [1.82, 2.24) is 0 Å². The van der Waals surface area contributed by atoms with Crippen LogP contribution in [0.25, 0.3) is 0 Å². The van der Waals surface area contributed by atoms with Crippen molar-refractivity contribution in [2.45, 2.75) is 32.6 Å². The molecule has 1 aliphatic rings. The molecule has 22 heavy (non-hydrogen) atoms. The second kappa shape index (κ2) is 6.60.